The van der Waals surface area contributed by atoms with Crippen molar-refractivity contribution in [2.75, 3.05) is 0 Å². The van der Waals surface area contributed by atoms with Crippen molar-refractivity contribution >= 4 is 0 Å². The molecular formula is C6H15N. The zero-order valence-electron chi connectivity index (χ0n) is 5.65. The van der Waals surface area contributed by atoms with Crippen LogP contribution in [0.4, 0.5) is 0 Å². The molecule has 0 amide bonds. The summed E-state index contributed by atoms with van der Waals surface area (Å²) in [7, 11) is 0. The van der Waals surface area contributed by atoms with E-state index in [0.717, 1.165) is 0 Å². The van der Waals surface area contributed by atoms with Crippen molar-refractivity contribution in [1.82, 2.24) is 5.32 Å². The predicted molar refractivity (Wildman–Crippen MR) is 33.4 cm³/mol. The van der Waals surface area contributed by atoms with E-state index < -0.39 is 0 Å². The highest BCUT2D eigenvalue weighted by atomic mass is 15.4. The molecule has 0 bridgehead atoms. The van der Waals surface area contributed by atoms with Crippen LogP contribution in [0.3, 0.4) is 0 Å². The van der Waals surface area contributed by atoms with Crippen LogP contribution < -0.4 is 5.32 Å². The molecule has 0 rings (SSSR count). The molecule has 0 saturated carbocycles. The van der Waals surface area contributed by atoms with Gasteiger partial charge in [0.25, 0.3) is 0 Å². The first-order chi connectivity index (χ1) is 3.13. The SMILES string of the molecule is [13CH3][13CH]([13CH3])N[13CH]([13CH3])[13CH3]. The molecule has 0 aliphatic rings. The maximum Gasteiger partial charge on any atom is 0.00127 e. The van der Waals surface area contributed by atoms with Gasteiger partial charge in [0.15, 0.2) is 0 Å². The zero-order chi connectivity index (χ0) is 5.86. The van der Waals surface area contributed by atoms with E-state index in [4.69, 9.17) is 0 Å². The van der Waals surface area contributed by atoms with Crippen LogP contribution >= 0.6 is 0 Å². The summed E-state index contributed by atoms with van der Waals surface area (Å²) in [6.45, 7) is 8.61. The monoisotopic (exact) mass is 107 g/mol. The van der Waals surface area contributed by atoms with Crippen LogP contribution in [0.2, 0.25) is 0 Å². The van der Waals surface area contributed by atoms with E-state index in [1.165, 1.54) is 0 Å². The molecule has 1 heteroatoms. The third kappa shape index (κ3) is 5.96. The second kappa shape index (κ2) is 3.03. The average molecular weight is 107 g/mol. The van der Waals surface area contributed by atoms with Crippen molar-refractivity contribution in [2.24, 2.45) is 0 Å². The van der Waals surface area contributed by atoms with E-state index in [-0.39, 0.29) is 0 Å². The molecule has 0 saturated heterocycles. The fraction of sp³-hybridized carbons (Fsp3) is 1.00. The normalized spacial score (nSPS) is 11.1. The van der Waals surface area contributed by atoms with Crippen molar-refractivity contribution in [3.8, 4) is 0 Å². The molecule has 0 spiro atoms. The minimum Gasteiger partial charge on any atom is -0.312 e. The van der Waals surface area contributed by atoms with Crippen molar-refractivity contribution in [3.05, 3.63) is 0 Å². The Kier molecular flexibility index (Phi) is 3.01. The second-order valence-corrected chi connectivity index (χ2v) is 2.48. The minimum absolute atomic E-state index is 0.625. The first-order valence-corrected chi connectivity index (χ1v) is 2.89. The van der Waals surface area contributed by atoms with Gasteiger partial charge in [-0.3, -0.25) is 0 Å². The lowest BCUT2D eigenvalue weighted by molar-refractivity contribution is 0.518. The molecule has 0 atom stereocenters. The fourth-order valence-corrected chi connectivity index (χ4v) is 0.667. The Morgan fingerprint density at radius 2 is 1.14 bits per heavy atom. The lowest BCUT2D eigenvalue weighted by atomic mass is 11.2. The zero-order valence-corrected chi connectivity index (χ0v) is 5.65. The van der Waals surface area contributed by atoms with Gasteiger partial charge in [-0.05, 0) is 0 Å². The predicted octanol–water partition coefficient (Wildman–Crippen LogP) is 1.39. The number of hydrogen-bond acceptors (Lipinski definition) is 1. The molecule has 1 N–H and O–H groups in total. The lowest BCUT2D eigenvalue weighted by Crippen LogP contribution is -2.29. The number of hydrogen-bond donors (Lipinski definition) is 1. The first kappa shape index (κ1) is 6.96. The van der Waals surface area contributed by atoms with Gasteiger partial charge >= 0.3 is 0 Å². The van der Waals surface area contributed by atoms with Gasteiger partial charge in [-0.15, -0.1) is 0 Å². The van der Waals surface area contributed by atoms with E-state index in [0.29, 0.717) is 12.1 Å². The van der Waals surface area contributed by atoms with Gasteiger partial charge in [-0.2, -0.15) is 0 Å². The largest absolute Gasteiger partial charge is 0.312 e. The topological polar surface area (TPSA) is 12.0 Å². The van der Waals surface area contributed by atoms with Crippen molar-refractivity contribution in [1.29, 1.82) is 0 Å². The van der Waals surface area contributed by atoms with E-state index in [2.05, 4.69) is 33.0 Å². The third-order valence-electron chi connectivity index (χ3n) is 0.667. The molecular weight excluding hydrogens is 92.0 g/mol. The van der Waals surface area contributed by atoms with Crippen LogP contribution in [0.25, 0.3) is 0 Å². The molecule has 0 aromatic carbocycles. The van der Waals surface area contributed by atoms with Crippen molar-refractivity contribution in [3.63, 3.8) is 0 Å². The Morgan fingerprint density at radius 1 is 0.857 bits per heavy atom. The molecule has 0 unspecified atom stereocenters. The molecule has 0 radical (unpaired) electrons. The quantitative estimate of drug-likeness (QED) is 0.526. The maximum atomic E-state index is 3.31. The number of rotatable bonds is 2. The summed E-state index contributed by atoms with van der Waals surface area (Å²) < 4.78 is 0. The third-order valence-corrected chi connectivity index (χ3v) is 0.667. The molecule has 44 valence electrons. The molecule has 7 heavy (non-hydrogen) atoms. The average Bonchev–Trinajstić information content (AvgIpc) is 1.27. The second-order valence-electron chi connectivity index (χ2n) is 2.48. The standard InChI is InChI=1S/C6H15N/c1-5(2)7-6(3)4/h5-7H,1-4H3/i1+1,2+1,3+1,4+1,5+1,6+1. The summed E-state index contributed by atoms with van der Waals surface area (Å²) in [5.74, 6) is 0. The molecule has 0 aromatic rings. The Morgan fingerprint density at radius 3 is 1.14 bits per heavy atom. The summed E-state index contributed by atoms with van der Waals surface area (Å²) in [6.07, 6.45) is 0. The van der Waals surface area contributed by atoms with E-state index >= 15 is 0 Å². The summed E-state index contributed by atoms with van der Waals surface area (Å²) in [5, 5.41) is 3.31. The summed E-state index contributed by atoms with van der Waals surface area (Å²) in [5.41, 5.74) is 0. The smallest absolute Gasteiger partial charge is 0.00127 e. The van der Waals surface area contributed by atoms with Crippen LogP contribution in [0, 0.1) is 0 Å². The number of nitrogens with one attached hydrogen (secondary N) is 1. The van der Waals surface area contributed by atoms with Gasteiger partial charge < -0.3 is 5.32 Å². The molecule has 0 heterocycles. The molecule has 0 aliphatic carbocycles. The Labute approximate surface area is 46.1 Å². The molecule has 0 aliphatic heterocycles. The Balaban J connectivity index is 2.95. The molecule has 0 fully saturated rings. The fourth-order valence-electron chi connectivity index (χ4n) is 0.667. The van der Waals surface area contributed by atoms with Crippen LogP contribution in [0.15, 0.2) is 0 Å². The minimum atomic E-state index is 0.625. The highest BCUT2D eigenvalue weighted by Crippen LogP contribution is 1.80. The lowest BCUT2D eigenvalue weighted by Gasteiger charge is -2.10. The summed E-state index contributed by atoms with van der Waals surface area (Å²) in [4.78, 5) is 0. The van der Waals surface area contributed by atoms with Crippen LogP contribution in [0.5, 0.6) is 0 Å². The van der Waals surface area contributed by atoms with Gasteiger partial charge in [-0.25, -0.2) is 0 Å². The van der Waals surface area contributed by atoms with Crippen LogP contribution in [-0.4, -0.2) is 12.1 Å². The Bertz CT molecular complexity index is 33.4. The van der Waals surface area contributed by atoms with Gasteiger partial charge in [0.1, 0.15) is 0 Å². The van der Waals surface area contributed by atoms with Gasteiger partial charge in [0.2, 0.25) is 0 Å². The van der Waals surface area contributed by atoms with Crippen LogP contribution in [0.1, 0.15) is 27.7 Å². The van der Waals surface area contributed by atoms with Gasteiger partial charge in [0.05, 0.1) is 0 Å². The maximum absolute atomic E-state index is 3.31. The van der Waals surface area contributed by atoms with Crippen LogP contribution in [-0.2, 0) is 0 Å². The van der Waals surface area contributed by atoms with Gasteiger partial charge in [0, 0.05) is 12.1 Å². The molecule has 1 nitrogen and oxygen atoms in total. The summed E-state index contributed by atoms with van der Waals surface area (Å²) >= 11 is 0. The van der Waals surface area contributed by atoms with E-state index in [1.54, 1.807) is 0 Å². The van der Waals surface area contributed by atoms with E-state index in [9.17, 15) is 0 Å². The van der Waals surface area contributed by atoms with Crippen molar-refractivity contribution < 1.29 is 0 Å². The highest BCUT2D eigenvalue weighted by molar-refractivity contribution is 4.55. The van der Waals surface area contributed by atoms with Crippen molar-refractivity contribution in [2.45, 2.75) is 39.8 Å². The van der Waals surface area contributed by atoms with Gasteiger partial charge in [-0.1, -0.05) is 27.7 Å². The van der Waals surface area contributed by atoms with E-state index in [1.807, 2.05) is 0 Å². The first-order valence-electron chi connectivity index (χ1n) is 2.89. The highest BCUT2D eigenvalue weighted by Gasteiger charge is 1.92. The Hall–Kier alpha value is -0.0400. The molecule has 0 aromatic heterocycles. The summed E-state index contributed by atoms with van der Waals surface area (Å²) in [6, 6.07) is 1.25.